The van der Waals surface area contributed by atoms with Crippen LogP contribution < -0.4 is 0 Å². The van der Waals surface area contributed by atoms with Gasteiger partial charge in [0.05, 0.1) is 5.56 Å². The molecule has 0 saturated heterocycles. The summed E-state index contributed by atoms with van der Waals surface area (Å²) in [7, 11) is 0. The first-order chi connectivity index (χ1) is 5.99. The van der Waals surface area contributed by atoms with E-state index in [1.807, 2.05) is 0 Å². The highest BCUT2D eigenvalue weighted by Gasteiger charge is 2.19. The number of aromatic nitrogens is 1. The summed E-state index contributed by atoms with van der Waals surface area (Å²) < 4.78 is 4.71. The van der Waals surface area contributed by atoms with Crippen molar-refractivity contribution in [1.29, 1.82) is 0 Å². The molecule has 4 heteroatoms. The number of carbonyl (C=O) groups is 1. The molecule has 0 aliphatic heterocycles. The average Bonchev–Trinajstić information content (AvgIpc) is 2.03. The fraction of sp³-hybridized carbons (Fsp3) is 0.333. The van der Waals surface area contributed by atoms with E-state index in [9.17, 15) is 9.90 Å². The molecule has 0 aliphatic rings. The highest BCUT2D eigenvalue weighted by Crippen LogP contribution is 2.08. The smallest absolute Gasteiger partial charge is 0.340 e. The predicted molar refractivity (Wildman–Crippen MR) is 46.0 cm³/mol. The van der Waals surface area contributed by atoms with Gasteiger partial charge in [-0.25, -0.2) is 4.79 Å². The first kappa shape index (κ1) is 9.67. The zero-order valence-electron chi connectivity index (χ0n) is 7.52. The molecule has 0 spiro atoms. The van der Waals surface area contributed by atoms with Gasteiger partial charge in [0.1, 0.15) is 0 Å². The Morgan fingerprint density at radius 2 is 2.00 bits per heavy atom. The van der Waals surface area contributed by atoms with E-state index >= 15 is 0 Å². The molecule has 1 aromatic heterocycles. The second-order valence-electron chi connectivity index (χ2n) is 3.07. The summed E-state index contributed by atoms with van der Waals surface area (Å²) >= 11 is 0. The largest absolute Gasteiger partial charge is 0.430 e. The molecule has 0 fully saturated rings. The van der Waals surface area contributed by atoms with E-state index in [2.05, 4.69) is 4.98 Å². The number of esters is 1. The summed E-state index contributed by atoms with van der Waals surface area (Å²) in [6, 6.07) is 3.04. The highest BCUT2D eigenvalue weighted by atomic mass is 16.7. The van der Waals surface area contributed by atoms with Crippen LogP contribution in [0.1, 0.15) is 24.2 Å². The summed E-state index contributed by atoms with van der Waals surface area (Å²) in [6.45, 7) is 2.79. The number of hydrogen-bond donors (Lipinski definition) is 1. The van der Waals surface area contributed by atoms with Crippen LogP contribution in [0.25, 0.3) is 0 Å². The predicted octanol–water partition coefficient (Wildman–Crippen LogP) is 0.967. The fourth-order valence-corrected chi connectivity index (χ4v) is 0.774. The van der Waals surface area contributed by atoms with Gasteiger partial charge in [0.2, 0.25) is 5.79 Å². The zero-order valence-corrected chi connectivity index (χ0v) is 7.52. The van der Waals surface area contributed by atoms with Crippen molar-refractivity contribution < 1.29 is 14.6 Å². The molecule has 0 bridgehead atoms. The molecule has 0 radical (unpaired) electrons. The first-order valence-electron chi connectivity index (χ1n) is 3.85. The van der Waals surface area contributed by atoms with Crippen LogP contribution in [0.5, 0.6) is 0 Å². The highest BCUT2D eigenvalue weighted by molar-refractivity contribution is 5.89. The summed E-state index contributed by atoms with van der Waals surface area (Å²) in [4.78, 5) is 15.0. The molecule has 0 saturated carbocycles. The number of carbonyl (C=O) groups excluding carboxylic acids is 1. The lowest BCUT2D eigenvalue weighted by Gasteiger charge is -2.17. The van der Waals surface area contributed by atoms with E-state index in [0.717, 1.165) is 0 Å². The van der Waals surface area contributed by atoms with Crippen LogP contribution in [-0.4, -0.2) is 21.8 Å². The molecule has 1 heterocycles. The minimum atomic E-state index is -1.44. The van der Waals surface area contributed by atoms with Gasteiger partial charge in [-0.15, -0.1) is 0 Å². The molecule has 1 rings (SSSR count). The molecule has 0 atom stereocenters. The molecule has 1 aromatic rings. The maximum absolute atomic E-state index is 11.3. The number of hydrogen-bond acceptors (Lipinski definition) is 4. The van der Waals surface area contributed by atoms with Crippen LogP contribution in [0.4, 0.5) is 0 Å². The molecular weight excluding hydrogens is 170 g/mol. The zero-order chi connectivity index (χ0) is 9.90. The van der Waals surface area contributed by atoms with Gasteiger partial charge >= 0.3 is 5.97 Å². The number of rotatable bonds is 2. The van der Waals surface area contributed by atoms with Crippen LogP contribution in [0.15, 0.2) is 24.5 Å². The third-order valence-corrected chi connectivity index (χ3v) is 1.26. The molecule has 0 unspecified atom stereocenters. The van der Waals surface area contributed by atoms with Gasteiger partial charge < -0.3 is 9.84 Å². The van der Waals surface area contributed by atoms with Gasteiger partial charge in [-0.05, 0) is 12.1 Å². The first-order valence-corrected chi connectivity index (χ1v) is 3.85. The van der Waals surface area contributed by atoms with Crippen LogP contribution in [0.3, 0.4) is 0 Å². The molecule has 4 nitrogen and oxygen atoms in total. The molecule has 70 valence electrons. The van der Waals surface area contributed by atoms with Gasteiger partial charge in [0, 0.05) is 26.2 Å². The number of ether oxygens (including phenoxy) is 1. The van der Waals surface area contributed by atoms with Gasteiger partial charge in [-0.1, -0.05) is 0 Å². The lowest BCUT2D eigenvalue weighted by atomic mass is 10.3. The normalized spacial score (nSPS) is 11.0. The maximum Gasteiger partial charge on any atom is 0.340 e. The van der Waals surface area contributed by atoms with Crippen molar-refractivity contribution >= 4 is 5.97 Å². The van der Waals surface area contributed by atoms with Crippen molar-refractivity contribution in [3.05, 3.63) is 30.1 Å². The van der Waals surface area contributed by atoms with Gasteiger partial charge in [0.15, 0.2) is 0 Å². The van der Waals surface area contributed by atoms with Crippen molar-refractivity contribution in [2.75, 3.05) is 0 Å². The Kier molecular flexibility index (Phi) is 2.63. The van der Waals surface area contributed by atoms with Crippen LogP contribution in [0, 0.1) is 0 Å². The van der Waals surface area contributed by atoms with Crippen molar-refractivity contribution in [3.63, 3.8) is 0 Å². The van der Waals surface area contributed by atoms with Gasteiger partial charge in [-0.3, -0.25) is 4.98 Å². The monoisotopic (exact) mass is 181 g/mol. The number of aliphatic hydroxyl groups is 1. The Hall–Kier alpha value is -1.42. The molecule has 0 aromatic carbocycles. The molecule has 0 aliphatic carbocycles. The standard InChI is InChI=1S/C9H11NO3/c1-9(2,12)13-8(11)7-3-5-10-6-4-7/h3-6,12H,1-2H3. The number of pyridine rings is 1. The minimum absolute atomic E-state index is 0.372. The maximum atomic E-state index is 11.3. The Labute approximate surface area is 76.2 Å². The van der Waals surface area contributed by atoms with E-state index in [1.165, 1.54) is 38.4 Å². The van der Waals surface area contributed by atoms with Crippen molar-refractivity contribution in [1.82, 2.24) is 4.98 Å². The SMILES string of the molecule is CC(C)(O)OC(=O)c1ccncc1. The second-order valence-corrected chi connectivity index (χ2v) is 3.07. The van der Waals surface area contributed by atoms with Gasteiger partial charge in [0.25, 0.3) is 0 Å². The molecule has 0 amide bonds. The Morgan fingerprint density at radius 3 is 2.46 bits per heavy atom. The summed E-state index contributed by atoms with van der Waals surface area (Å²) in [6.07, 6.45) is 2.97. The molecule has 1 N–H and O–H groups in total. The van der Waals surface area contributed by atoms with Gasteiger partial charge in [-0.2, -0.15) is 0 Å². The van der Waals surface area contributed by atoms with E-state index in [1.54, 1.807) is 0 Å². The van der Waals surface area contributed by atoms with Crippen molar-refractivity contribution in [3.8, 4) is 0 Å². The summed E-state index contributed by atoms with van der Waals surface area (Å²) in [5, 5.41) is 9.19. The van der Waals surface area contributed by atoms with Crippen LogP contribution in [0.2, 0.25) is 0 Å². The summed E-state index contributed by atoms with van der Waals surface area (Å²) in [5.74, 6) is -2.00. The quantitative estimate of drug-likeness (QED) is 0.545. The Bertz CT molecular complexity index is 289. The lowest BCUT2D eigenvalue weighted by molar-refractivity contribution is -0.136. The third kappa shape index (κ3) is 3.21. The Morgan fingerprint density at radius 1 is 1.46 bits per heavy atom. The average molecular weight is 181 g/mol. The van der Waals surface area contributed by atoms with E-state index in [4.69, 9.17) is 4.74 Å². The lowest BCUT2D eigenvalue weighted by Crippen LogP contribution is -2.27. The molecular formula is C9H11NO3. The van der Waals surface area contributed by atoms with E-state index in [0.29, 0.717) is 5.56 Å². The van der Waals surface area contributed by atoms with E-state index in [-0.39, 0.29) is 0 Å². The van der Waals surface area contributed by atoms with Crippen LogP contribution >= 0.6 is 0 Å². The minimum Gasteiger partial charge on any atom is -0.430 e. The third-order valence-electron chi connectivity index (χ3n) is 1.26. The number of nitrogens with zero attached hydrogens (tertiary/aromatic N) is 1. The summed E-state index contributed by atoms with van der Waals surface area (Å²) in [5.41, 5.74) is 0.372. The van der Waals surface area contributed by atoms with Crippen LogP contribution in [-0.2, 0) is 4.74 Å². The van der Waals surface area contributed by atoms with E-state index < -0.39 is 11.8 Å². The second kappa shape index (κ2) is 3.53. The van der Waals surface area contributed by atoms with Crippen molar-refractivity contribution in [2.45, 2.75) is 19.6 Å². The van der Waals surface area contributed by atoms with Crippen molar-refractivity contribution in [2.24, 2.45) is 0 Å². The topological polar surface area (TPSA) is 59.4 Å². The Balaban J connectivity index is 2.71. The fourth-order valence-electron chi connectivity index (χ4n) is 0.774. The molecule has 13 heavy (non-hydrogen) atoms.